The van der Waals surface area contributed by atoms with Crippen LogP contribution in [0.4, 0.5) is 4.39 Å². The molecule has 0 aliphatic carbocycles. The number of halogens is 2. The summed E-state index contributed by atoms with van der Waals surface area (Å²) in [6.07, 6.45) is 1.65. The maximum absolute atomic E-state index is 12.8. The Morgan fingerprint density at radius 3 is 2.94 bits per heavy atom. The first kappa shape index (κ1) is 13.8. The van der Waals surface area contributed by atoms with Crippen LogP contribution in [-0.4, -0.2) is 19.0 Å². The largest absolute Gasteiger partial charge is 0.370 e. The fraction of sp³-hybridized carbons (Fsp3) is 0.417. The highest BCUT2D eigenvalue weighted by Gasteiger charge is 2.01. The molecule has 0 amide bonds. The van der Waals surface area contributed by atoms with E-state index in [0.717, 1.165) is 18.5 Å². The van der Waals surface area contributed by atoms with Crippen LogP contribution in [-0.2, 0) is 6.42 Å². The van der Waals surface area contributed by atoms with Gasteiger partial charge in [0.2, 0.25) is 0 Å². The van der Waals surface area contributed by atoms with Gasteiger partial charge in [0.25, 0.3) is 0 Å². The minimum Gasteiger partial charge on any atom is -0.370 e. The highest BCUT2D eigenvalue weighted by atomic mass is 35.5. The van der Waals surface area contributed by atoms with E-state index < -0.39 is 0 Å². The lowest BCUT2D eigenvalue weighted by Crippen LogP contribution is -2.33. The summed E-state index contributed by atoms with van der Waals surface area (Å²) in [6.45, 7) is 3.38. The lowest BCUT2D eigenvalue weighted by Gasteiger charge is -2.07. The third-order valence-electron chi connectivity index (χ3n) is 2.22. The van der Waals surface area contributed by atoms with Crippen molar-refractivity contribution < 1.29 is 4.39 Å². The van der Waals surface area contributed by atoms with Crippen LogP contribution in [0.1, 0.15) is 18.9 Å². The van der Waals surface area contributed by atoms with Crippen LogP contribution in [0.25, 0.3) is 0 Å². The number of guanidine groups is 1. The van der Waals surface area contributed by atoms with E-state index in [1.165, 1.54) is 12.1 Å². The summed E-state index contributed by atoms with van der Waals surface area (Å²) in [5.41, 5.74) is 6.52. The zero-order valence-electron chi connectivity index (χ0n) is 9.84. The number of benzene rings is 1. The van der Waals surface area contributed by atoms with Crippen molar-refractivity contribution in [3.8, 4) is 0 Å². The molecule has 0 atom stereocenters. The van der Waals surface area contributed by atoms with Gasteiger partial charge in [0.15, 0.2) is 5.96 Å². The van der Waals surface area contributed by atoms with Crippen LogP contribution in [0.5, 0.6) is 0 Å². The van der Waals surface area contributed by atoms with Crippen LogP contribution >= 0.6 is 11.6 Å². The first-order valence-electron chi connectivity index (χ1n) is 5.61. The number of nitrogens with one attached hydrogen (secondary N) is 1. The quantitative estimate of drug-likeness (QED) is 0.628. The molecule has 0 spiro atoms. The SMILES string of the molecule is CCCN=C(N)NCCc1ccc(F)cc1Cl. The summed E-state index contributed by atoms with van der Waals surface area (Å²) in [7, 11) is 0. The van der Waals surface area contributed by atoms with Crippen LogP contribution < -0.4 is 11.1 Å². The number of nitrogens with two attached hydrogens (primary N) is 1. The van der Waals surface area contributed by atoms with Gasteiger partial charge in [0.05, 0.1) is 0 Å². The van der Waals surface area contributed by atoms with Crippen LogP contribution in [0.3, 0.4) is 0 Å². The Morgan fingerprint density at radius 1 is 1.53 bits per heavy atom. The van der Waals surface area contributed by atoms with Gasteiger partial charge in [-0.15, -0.1) is 0 Å². The average Bonchev–Trinajstić information content (AvgIpc) is 2.29. The van der Waals surface area contributed by atoms with Crippen LogP contribution in [0.15, 0.2) is 23.2 Å². The van der Waals surface area contributed by atoms with Gasteiger partial charge in [-0.3, -0.25) is 4.99 Å². The van der Waals surface area contributed by atoms with E-state index in [0.29, 0.717) is 23.9 Å². The predicted molar refractivity (Wildman–Crippen MR) is 69.9 cm³/mol. The van der Waals surface area contributed by atoms with Crippen molar-refractivity contribution >= 4 is 17.6 Å². The first-order chi connectivity index (χ1) is 8.13. The summed E-state index contributed by atoms with van der Waals surface area (Å²) >= 11 is 5.90. The molecular formula is C12H17ClFN3. The van der Waals surface area contributed by atoms with E-state index in [4.69, 9.17) is 17.3 Å². The number of hydrogen-bond donors (Lipinski definition) is 2. The lowest BCUT2D eigenvalue weighted by molar-refractivity contribution is 0.627. The van der Waals surface area contributed by atoms with Crippen molar-refractivity contribution in [2.45, 2.75) is 19.8 Å². The molecule has 0 bridgehead atoms. The Labute approximate surface area is 106 Å². The van der Waals surface area contributed by atoms with Gasteiger partial charge in [-0.05, 0) is 30.5 Å². The van der Waals surface area contributed by atoms with Crippen molar-refractivity contribution in [3.05, 3.63) is 34.6 Å². The van der Waals surface area contributed by atoms with E-state index in [1.54, 1.807) is 6.07 Å². The monoisotopic (exact) mass is 257 g/mol. The summed E-state index contributed by atoms with van der Waals surface area (Å²) in [4.78, 5) is 4.10. The molecule has 1 aromatic carbocycles. The molecule has 0 aliphatic heterocycles. The highest BCUT2D eigenvalue weighted by Crippen LogP contribution is 2.17. The molecule has 1 aromatic rings. The van der Waals surface area contributed by atoms with Gasteiger partial charge >= 0.3 is 0 Å². The second-order valence-electron chi connectivity index (χ2n) is 3.68. The van der Waals surface area contributed by atoms with Crippen molar-refractivity contribution in [2.24, 2.45) is 10.7 Å². The van der Waals surface area contributed by atoms with Gasteiger partial charge in [-0.25, -0.2) is 4.39 Å². The van der Waals surface area contributed by atoms with Crippen LogP contribution in [0.2, 0.25) is 5.02 Å². The Hall–Kier alpha value is -1.29. The van der Waals surface area contributed by atoms with Gasteiger partial charge in [0.1, 0.15) is 5.82 Å². The zero-order chi connectivity index (χ0) is 12.7. The molecule has 0 radical (unpaired) electrons. The molecule has 1 rings (SSSR count). The van der Waals surface area contributed by atoms with Gasteiger partial charge < -0.3 is 11.1 Å². The van der Waals surface area contributed by atoms with Gasteiger partial charge in [-0.2, -0.15) is 0 Å². The standard InChI is InChI=1S/C12H17ClFN3/c1-2-6-16-12(15)17-7-5-9-3-4-10(14)8-11(9)13/h3-4,8H,2,5-7H2,1H3,(H3,15,16,17). The first-order valence-corrected chi connectivity index (χ1v) is 5.99. The lowest BCUT2D eigenvalue weighted by atomic mass is 10.1. The number of nitrogens with zero attached hydrogens (tertiary/aromatic N) is 1. The zero-order valence-corrected chi connectivity index (χ0v) is 10.6. The molecule has 17 heavy (non-hydrogen) atoms. The maximum atomic E-state index is 12.8. The van der Waals surface area contributed by atoms with Crippen molar-refractivity contribution in [2.75, 3.05) is 13.1 Å². The smallest absolute Gasteiger partial charge is 0.188 e. The van der Waals surface area contributed by atoms with E-state index >= 15 is 0 Å². The molecule has 0 fully saturated rings. The normalized spacial score (nSPS) is 11.6. The molecule has 94 valence electrons. The topological polar surface area (TPSA) is 50.4 Å². The number of rotatable bonds is 5. The number of hydrogen-bond acceptors (Lipinski definition) is 1. The van der Waals surface area contributed by atoms with Crippen molar-refractivity contribution in [1.29, 1.82) is 0 Å². The van der Waals surface area contributed by atoms with Gasteiger partial charge in [-0.1, -0.05) is 24.6 Å². The molecule has 0 saturated heterocycles. The Bertz CT molecular complexity index is 393. The molecule has 0 aliphatic rings. The summed E-state index contributed by atoms with van der Waals surface area (Å²) in [6, 6.07) is 4.39. The van der Waals surface area contributed by atoms with Gasteiger partial charge in [0, 0.05) is 18.1 Å². The van der Waals surface area contributed by atoms with Crippen molar-refractivity contribution in [3.63, 3.8) is 0 Å². The second-order valence-corrected chi connectivity index (χ2v) is 4.09. The predicted octanol–water partition coefficient (Wildman–Crippen LogP) is 2.34. The molecule has 0 saturated carbocycles. The summed E-state index contributed by atoms with van der Waals surface area (Å²) in [5, 5.41) is 3.42. The average molecular weight is 258 g/mol. The van der Waals surface area contributed by atoms with E-state index in [9.17, 15) is 4.39 Å². The van der Waals surface area contributed by atoms with E-state index in [1.807, 2.05) is 6.92 Å². The summed E-state index contributed by atoms with van der Waals surface area (Å²) < 4.78 is 12.8. The van der Waals surface area contributed by atoms with Crippen molar-refractivity contribution in [1.82, 2.24) is 5.32 Å². The fourth-order valence-corrected chi connectivity index (χ4v) is 1.60. The fourth-order valence-electron chi connectivity index (χ4n) is 1.34. The molecule has 5 heteroatoms. The Balaban J connectivity index is 2.40. The van der Waals surface area contributed by atoms with E-state index in [2.05, 4.69) is 10.3 Å². The molecular weight excluding hydrogens is 241 g/mol. The maximum Gasteiger partial charge on any atom is 0.188 e. The third kappa shape index (κ3) is 5.04. The molecule has 0 unspecified atom stereocenters. The highest BCUT2D eigenvalue weighted by molar-refractivity contribution is 6.31. The molecule has 3 N–H and O–H groups in total. The van der Waals surface area contributed by atoms with Crippen LogP contribution in [0, 0.1) is 5.82 Å². The molecule has 0 aromatic heterocycles. The molecule has 0 heterocycles. The minimum atomic E-state index is -0.323. The second kappa shape index (κ2) is 7.12. The van der Waals surface area contributed by atoms with E-state index in [-0.39, 0.29) is 5.82 Å². The minimum absolute atomic E-state index is 0.323. The Morgan fingerprint density at radius 2 is 2.29 bits per heavy atom. The third-order valence-corrected chi connectivity index (χ3v) is 2.57. The Kier molecular flexibility index (Phi) is 5.77. The summed E-state index contributed by atoms with van der Waals surface area (Å²) in [5.74, 6) is 0.112. The molecule has 3 nitrogen and oxygen atoms in total. The number of aliphatic imine (C=N–C) groups is 1.